The van der Waals surface area contributed by atoms with Crippen LogP contribution in [0, 0.1) is 5.92 Å². The topological polar surface area (TPSA) is 74.7 Å². The minimum Gasteiger partial charge on any atom is -0.497 e. The van der Waals surface area contributed by atoms with Crippen molar-refractivity contribution in [1.82, 2.24) is 14.8 Å². The number of halogens is 1. The molecule has 5 rings (SSSR count). The van der Waals surface area contributed by atoms with E-state index >= 15 is 0 Å². The molecule has 202 valence electrons. The van der Waals surface area contributed by atoms with E-state index in [-0.39, 0.29) is 30.3 Å². The molecule has 0 radical (unpaired) electrons. The maximum atomic E-state index is 13.8. The Hall–Kier alpha value is -2.94. The number of benzene rings is 2. The first-order valence-corrected chi connectivity index (χ1v) is 13.8. The third-order valence-corrected chi connectivity index (χ3v) is 8.06. The minimum absolute atomic E-state index is 0.00559. The van der Waals surface area contributed by atoms with Crippen LogP contribution in [0.15, 0.2) is 53.6 Å². The maximum absolute atomic E-state index is 13.8. The highest BCUT2D eigenvalue weighted by Gasteiger charge is 2.36. The van der Waals surface area contributed by atoms with E-state index in [2.05, 4.69) is 4.90 Å². The Labute approximate surface area is 229 Å². The van der Waals surface area contributed by atoms with Crippen molar-refractivity contribution in [3.05, 3.63) is 64.7 Å². The van der Waals surface area contributed by atoms with Crippen LogP contribution in [0.2, 0.25) is 5.02 Å². The van der Waals surface area contributed by atoms with Crippen molar-refractivity contribution < 1.29 is 19.1 Å². The molecule has 1 aliphatic carbocycles. The lowest BCUT2D eigenvalue weighted by atomic mass is 9.84. The number of hydrazone groups is 1. The fraction of sp³-hybridized carbons (Fsp3) is 0.483. The summed E-state index contributed by atoms with van der Waals surface area (Å²) in [6.45, 7) is 4.34. The van der Waals surface area contributed by atoms with Crippen molar-refractivity contribution >= 4 is 29.1 Å². The number of morpholine rings is 1. The van der Waals surface area contributed by atoms with Crippen LogP contribution in [-0.2, 0) is 14.3 Å². The average molecular weight is 539 g/mol. The molecule has 2 aliphatic heterocycles. The highest BCUT2D eigenvalue weighted by Crippen LogP contribution is 2.35. The summed E-state index contributed by atoms with van der Waals surface area (Å²) in [7, 11) is 1.63. The second-order valence-corrected chi connectivity index (χ2v) is 10.5. The van der Waals surface area contributed by atoms with E-state index in [1.165, 1.54) is 0 Å². The number of carbonyl (C=O) groups is 2. The lowest BCUT2D eigenvalue weighted by Crippen LogP contribution is -2.49. The monoisotopic (exact) mass is 538 g/mol. The van der Waals surface area contributed by atoms with Crippen LogP contribution >= 0.6 is 11.6 Å². The zero-order chi connectivity index (χ0) is 26.5. The van der Waals surface area contributed by atoms with E-state index < -0.39 is 0 Å². The molecule has 0 N–H and O–H groups in total. The molecule has 2 heterocycles. The molecule has 2 amide bonds. The number of rotatable bonds is 9. The van der Waals surface area contributed by atoms with E-state index in [9.17, 15) is 9.59 Å². The zero-order valence-corrected chi connectivity index (χ0v) is 22.6. The van der Waals surface area contributed by atoms with Gasteiger partial charge in [-0.25, -0.2) is 5.01 Å². The van der Waals surface area contributed by atoms with E-state index in [0.29, 0.717) is 31.2 Å². The van der Waals surface area contributed by atoms with Gasteiger partial charge in [-0.15, -0.1) is 0 Å². The van der Waals surface area contributed by atoms with Crippen molar-refractivity contribution in [1.29, 1.82) is 0 Å². The van der Waals surface area contributed by atoms with Gasteiger partial charge >= 0.3 is 0 Å². The van der Waals surface area contributed by atoms with Gasteiger partial charge in [0, 0.05) is 49.1 Å². The van der Waals surface area contributed by atoms with Crippen LogP contribution in [0.4, 0.5) is 0 Å². The van der Waals surface area contributed by atoms with Crippen molar-refractivity contribution in [2.24, 2.45) is 11.0 Å². The molecule has 2 aromatic rings. The number of nitrogens with zero attached hydrogens (tertiary/aromatic N) is 4. The Bertz CT molecular complexity index is 1160. The van der Waals surface area contributed by atoms with Gasteiger partial charge < -0.3 is 14.4 Å². The summed E-state index contributed by atoms with van der Waals surface area (Å²) in [6.07, 6.45) is 3.40. The molecular formula is C29H35ClN4O4. The number of amides is 2. The van der Waals surface area contributed by atoms with Gasteiger partial charge in [0.15, 0.2) is 0 Å². The third kappa shape index (κ3) is 6.03. The van der Waals surface area contributed by atoms with Crippen LogP contribution < -0.4 is 4.74 Å². The quantitative estimate of drug-likeness (QED) is 0.483. The molecule has 1 saturated carbocycles. The van der Waals surface area contributed by atoms with Gasteiger partial charge in [-0.1, -0.05) is 48.4 Å². The van der Waals surface area contributed by atoms with Gasteiger partial charge in [-0.05, 0) is 36.6 Å². The summed E-state index contributed by atoms with van der Waals surface area (Å²) >= 11 is 6.50. The lowest BCUT2D eigenvalue weighted by molar-refractivity contribution is -0.145. The van der Waals surface area contributed by atoms with Gasteiger partial charge in [0.25, 0.3) is 5.91 Å². The smallest absolute Gasteiger partial charge is 0.262 e. The molecule has 1 atom stereocenters. The summed E-state index contributed by atoms with van der Waals surface area (Å²) in [5.74, 6) is 0.652. The molecule has 0 unspecified atom stereocenters. The molecule has 0 aromatic heterocycles. The molecule has 9 heteroatoms. The Morgan fingerprint density at radius 2 is 1.84 bits per heavy atom. The second-order valence-electron chi connectivity index (χ2n) is 10.1. The van der Waals surface area contributed by atoms with Crippen molar-refractivity contribution in [2.75, 3.05) is 53.0 Å². The van der Waals surface area contributed by atoms with E-state index in [1.807, 2.05) is 48.5 Å². The zero-order valence-electron chi connectivity index (χ0n) is 21.9. The number of ether oxygens (including phenoxy) is 2. The average Bonchev–Trinajstić information content (AvgIpc) is 3.36. The largest absolute Gasteiger partial charge is 0.497 e. The van der Waals surface area contributed by atoms with Crippen molar-refractivity contribution in [3.8, 4) is 5.75 Å². The minimum atomic E-state index is -0.292. The lowest BCUT2D eigenvalue weighted by Gasteiger charge is -2.34. The molecular weight excluding hydrogens is 504 g/mol. The van der Waals surface area contributed by atoms with Crippen LogP contribution in [0.1, 0.15) is 42.9 Å². The summed E-state index contributed by atoms with van der Waals surface area (Å²) in [5, 5.41) is 6.93. The summed E-state index contributed by atoms with van der Waals surface area (Å²) in [6, 6.07) is 15.0. The standard InChI is InChI=1S/C29H35ClN4O4/c1-37-23-11-9-21(10-12-23)27-19-26(24-7-2-3-8-25(24)30)31-34(27)28(35)20-33(29(36)22-5-4-6-22)14-13-32-15-17-38-18-16-32/h2-3,7-12,22,27H,4-6,13-20H2,1H3/t27-/m0/s1. The highest BCUT2D eigenvalue weighted by atomic mass is 35.5. The molecule has 2 aromatic carbocycles. The summed E-state index contributed by atoms with van der Waals surface area (Å²) < 4.78 is 10.8. The summed E-state index contributed by atoms with van der Waals surface area (Å²) in [4.78, 5) is 31.2. The number of hydrogen-bond donors (Lipinski definition) is 0. The van der Waals surface area contributed by atoms with E-state index in [4.69, 9.17) is 26.2 Å². The second kappa shape index (κ2) is 12.3. The van der Waals surface area contributed by atoms with E-state index in [0.717, 1.165) is 61.5 Å². The molecule has 2 fully saturated rings. The van der Waals surface area contributed by atoms with Gasteiger partial charge in [0.2, 0.25) is 5.91 Å². The maximum Gasteiger partial charge on any atom is 0.262 e. The van der Waals surface area contributed by atoms with Gasteiger partial charge in [0.05, 0.1) is 32.1 Å². The molecule has 38 heavy (non-hydrogen) atoms. The molecule has 0 bridgehead atoms. The Balaban J connectivity index is 1.38. The fourth-order valence-corrected chi connectivity index (χ4v) is 5.43. The Morgan fingerprint density at radius 1 is 1.11 bits per heavy atom. The molecule has 8 nitrogen and oxygen atoms in total. The Morgan fingerprint density at radius 3 is 2.50 bits per heavy atom. The predicted octanol–water partition coefficient (Wildman–Crippen LogP) is 3.99. The summed E-state index contributed by atoms with van der Waals surface area (Å²) in [5.41, 5.74) is 2.53. The van der Waals surface area contributed by atoms with Crippen LogP contribution in [0.5, 0.6) is 5.75 Å². The first-order valence-electron chi connectivity index (χ1n) is 13.4. The van der Waals surface area contributed by atoms with Crippen LogP contribution in [0.25, 0.3) is 0 Å². The molecule has 3 aliphatic rings. The normalized spacial score (nSPS) is 20.1. The number of methoxy groups -OCH3 is 1. The first kappa shape index (κ1) is 26.7. The van der Waals surface area contributed by atoms with Gasteiger partial charge in [0.1, 0.15) is 12.3 Å². The highest BCUT2D eigenvalue weighted by molar-refractivity contribution is 6.34. The first-order chi connectivity index (χ1) is 18.5. The molecule has 0 spiro atoms. The molecule has 1 saturated heterocycles. The van der Waals surface area contributed by atoms with Crippen LogP contribution in [0.3, 0.4) is 0 Å². The van der Waals surface area contributed by atoms with Gasteiger partial charge in [-0.3, -0.25) is 14.5 Å². The SMILES string of the molecule is COc1ccc([C@@H]2CC(c3ccccc3Cl)=NN2C(=O)CN(CCN2CCOCC2)C(=O)C2CCC2)cc1. The fourth-order valence-electron chi connectivity index (χ4n) is 5.19. The van der Waals surface area contributed by atoms with Crippen molar-refractivity contribution in [2.45, 2.75) is 31.7 Å². The number of carbonyl (C=O) groups excluding carboxylic acids is 2. The van der Waals surface area contributed by atoms with E-state index in [1.54, 1.807) is 17.0 Å². The Kier molecular flexibility index (Phi) is 8.61. The number of hydrogen-bond acceptors (Lipinski definition) is 6. The van der Waals surface area contributed by atoms with Gasteiger partial charge in [-0.2, -0.15) is 5.10 Å². The van der Waals surface area contributed by atoms with Crippen LogP contribution in [-0.4, -0.2) is 85.4 Å². The third-order valence-electron chi connectivity index (χ3n) is 7.73. The predicted molar refractivity (Wildman–Crippen MR) is 146 cm³/mol. The van der Waals surface area contributed by atoms with Crippen molar-refractivity contribution in [3.63, 3.8) is 0 Å².